The molecule has 0 unspecified atom stereocenters. The van der Waals surface area contributed by atoms with Crippen LogP contribution in [0.25, 0.3) is 0 Å². The first-order valence-corrected chi connectivity index (χ1v) is 8.99. The number of hydrogen-bond donors (Lipinski definition) is 3. The van der Waals surface area contributed by atoms with Crippen LogP contribution in [0.1, 0.15) is 40.2 Å². The predicted octanol–water partition coefficient (Wildman–Crippen LogP) is 3.23. The number of guanidine groups is 1. The molecular weight excluding hydrogens is 427 g/mol. The standard InChI is InChI=1S/C19H34N4O.HI/c1-6-20-19(22-12-13-23(15(2)3)16(4)5)21-11-10-17-8-7-9-18(24)14-17;/h7-9,14-16,24H,6,10-13H2,1-5H3,(H2,20,21,22);1H. The highest BCUT2D eigenvalue weighted by Crippen LogP contribution is 2.10. The second-order valence-electron chi connectivity index (χ2n) is 6.53. The highest BCUT2D eigenvalue weighted by molar-refractivity contribution is 14.0. The molecule has 0 fully saturated rings. The number of phenols is 1. The van der Waals surface area contributed by atoms with Crippen LogP contribution in [0, 0.1) is 0 Å². The molecule has 0 saturated carbocycles. The summed E-state index contributed by atoms with van der Waals surface area (Å²) in [5.74, 6) is 1.17. The number of nitrogens with one attached hydrogen (secondary N) is 2. The molecule has 0 aromatic heterocycles. The molecule has 0 radical (unpaired) electrons. The minimum absolute atomic E-state index is 0. The molecule has 0 amide bonds. The molecule has 0 saturated heterocycles. The van der Waals surface area contributed by atoms with E-state index < -0.39 is 0 Å². The van der Waals surface area contributed by atoms with Gasteiger partial charge in [-0.15, -0.1) is 24.0 Å². The molecule has 0 atom stereocenters. The van der Waals surface area contributed by atoms with Gasteiger partial charge >= 0.3 is 0 Å². The molecule has 0 heterocycles. The number of hydrogen-bond acceptors (Lipinski definition) is 3. The summed E-state index contributed by atoms with van der Waals surface area (Å²) in [6.45, 7) is 14.3. The molecule has 0 aliphatic rings. The summed E-state index contributed by atoms with van der Waals surface area (Å²) in [5.41, 5.74) is 1.11. The molecule has 0 aliphatic carbocycles. The summed E-state index contributed by atoms with van der Waals surface area (Å²) >= 11 is 0. The fraction of sp³-hybridized carbons (Fsp3) is 0.632. The molecule has 1 aromatic rings. The smallest absolute Gasteiger partial charge is 0.191 e. The van der Waals surface area contributed by atoms with Gasteiger partial charge in [-0.2, -0.15) is 0 Å². The number of rotatable bonds is 9. The molecule has 0 aliphatic heterocycles. The zero-order valence-electron chi connectivity index (χ0n) is 16.2. The van der Waals surface area contributed by atoms with E-state index in [1.807, 2.05) is 12.1 Å². The van der Waals surface area contributed by atoms with Gasteiger partial charge < -0.3 is 15.7 Å². The second-order valence-corrected chi connectivity index (χ2v) is 6.53. The Kier molecular flexibility index (Phi) is 12.7. The van der Waals surface area contributed by atoms with E-state index in [0.29, 0.717) is 17.8 Å². The Morgan fingerprint density at radius 1 is 1.16 bits per heavy atom. The number of aromatic hydroxyl groups is 1. The van der Waals surface area contributed by atoms with Crippen molar-refractivity contribution in [1.82, 2.24) is 15.5 Å². The maximum absolute atomic E-state index is 9.50. The summed E-state index contributed by atoms with van der Waals surface area (Å²) in [5, 5.41) is 16.1. The van der Waals surface area contributed by atoms with E-state index >= 15 is 0 Å². The molecule has 0 bridgehead atoms. The van der Waals surface area contributed by atoms with Gasteiger partial charge in [0.1, 0.15) is 5.75 Å². The average Bonchev–Trinajstić information content (AvgIpc) is 2.50. The third-order valence-electron chi connectivity index (χ3n) is 3.92. The van der Waals surface area contributed by atoms with Crippen molar-refractivity contribution >= 4 is 29.9 Å². The maximum atomic E-state index is 9.50. The molecule has 25 heavy (non-hydrogen) atoms. The Labute approximate surface area is 170 Å². The second kappa shape index (κ2) is 13.2. The number of phenolic OH excluding ortho intramolecular Hbond substituents is 1. The summed E-state index contributed by atoms with van der Waals surface area (Å²) in [6, 6.07) is 8.44. The van der Waals surface area contributed by atoms with Crippen LogP contribution in [0.2, 0.25) is 0 Å². The van der Waals surface area contributed by atoms with Crippen molar-refractivity contribution < 1.29 is 5.11 Å². The van der Waals surface area contributed by atoms with E-state index in [2.05, 4.69) is 55.1 Å². The first-order chi connectivity index (χ1) is 11.4. The molecule has 1 rings (SSSR count). The summed E-state index contributed by atoms with van der Waals surface area (Å²) in [7, 11) is 0. The molecule has 0 spiro atoms. The number of aliphatic imine (C=N–C) groups is 1. The quantitative estimate of drug-likeness (QED) is 0.300. The Hall–Kier alpha value is -1.02. The van der Waals surface area contributed by atoms with E-state index in [1.165, 1.54) is 0 Å². The van der Waals surface area contributed by atoms with Crippen LogP contribution in [-0.4, -0.2) is 54.2 Å². The lowest BCUT2D eigenvalue weighted by atomic mass is 10.1. The molecule has 6 heteroatoms. The van der Waals surface area contributed by atoms with Crippen molar-refractivity contribution in [2.45, 2.75) is 53.1 Å². The average molecular weight is 462 g/mol. The number of halogens is 1. The lowest BCUT2D eigenvalue weighted by molar-refractivity contribution is 0.181. The topological polar surface area (TPSA) is 59.9 Å². The molecule has 5 nitrogen and oxygen atoms in total. The Balaban J connectivity index is 0.00000576. The fourth-order valence-corrected chi connectivity index (χ4v) is 2.77. The first kappa shape index (κ1) is 24.0. The third-order valence-corrected chi connectivity index (χ3v) is 3.92. The monoisotopic (exact) mass is 462 g/mol. The van der Waals surface area contributed by atoms with Gasteiger partial charge in [0.25, 0.3) is 0 Å². The third kappa shape index (κ3) is 9.89. The van der Waals surface area contributed by atoms with Crippen molar-refractivity contribution in [2.24, 2.45) is 4.99 Å². The fourth-order valence-electron chi connectivity index (χ4n) is 2.77. The van der Waals surface area contributed by atoms with Crippen molar-refractivity contribution in [2.75, 3.05) is 26.2 Å². The van der Waals surface area contributed by atoms with Crippen LogP contribution in [0.5, 0.6) is 5.75 Å². The van der Waals surface area contributed by atoms with Gasteiger partial charge in [-0.05, 0) is 58.7 Å². The van der Waals surface area contributed by atoms with Gasteiger partial charge in [0, 0.05) is 31.7 Å². The summed E-state index contributed by atoms with van der Waals surface area (Å²) in [4.78, 5) is 7.11. The SMILES string of the molecule is CCNC(=NCCN(C(C)C)C(C)C)NCCc1cccc(O)c1.I. The van der Waals surface area contributed by atoms with Crippen LogP contribution in [-0.2, 0) is 6.42 Å². The predicted molar refractivity (Wildman–Crippen MR) is 118 cm³/mol. The summed E-state index contributed by atoms with van der Waals surface area (Å²) < 4.78 is 0. The van der Waals surface area contributed by atoms with Crippen molar-refractivity contribution in [3.63, 3.8) is 0 Å². The van der Waals surface area contributed by atoms with Crippen LogP contribution in [0.15, 0.2) is 29.3 Å². The zero-order chi connectivity index (χ0) is 17.9. The Morgan fingerprint density at radius 2 is 1.84 bits per heavy atom. The molecule has 1 aromatic carbocycles. The highest BCUT2D eigenvalue weighted by Gasteiger charge is 2.12. The van der Waals surface area contributed by atoms with Crippen molar-refractivity contribution in [3.05, 3.63) is 29.8 Å². The van der Waals surface area contributed by atoms with E-state index in [-0.39, 0.29) is 24.0 Å². The normalized spacial score (nSPS) is 11.8. The van der Waals surface area contributed by atoms with Crippen LogP contribution in [0.4, 0.5) is 0 Å². The van der Waals surface area contributed by atoms with Crippen molar-refractivity contribution in [1.29, 1.82) is 0 Å². The lowest BCUT2D eigenvalue weighted by Gasteiger charge is -2.29. The molecule has 3 N–H and O–H groups in total. The van der Waals surface area contributed by atoms with Gasteiger partial charge in [0.15, 0.2) is 5.96 Å². The first-order valence-electron chi connectivity index (χ1n) is 8.99. The van der Waals surface area contributed by atoms with Crippen LogP contribution >= 0.6 is 24.0 Å². The van der Waals surface area contributed by atoms with Crippen LogP contribution in [0.3, 0.4) is 0 Å². The van der Waals surface area contributed by atoms with E-state index in [9.17, 15) is 5.11 Å². The van der Waals surface area contributed by atoms with E-state index in [0.717, 1.165) is 44.1 Å². The summed E-state index contributed by atoms with van der Waals surface area (Å²) in [6.07, 6.45) is 0.850. The van der Waals surface area contributed by atoms with Crippen molar-refractivity contribution in [3.8, 4) is 5.75 Å². The van der Waals surface area contributed by atoms with Gasteiger partial charge in [-0.3, -0.25) is 9.89 Å². The largest absolute Gasteiger partial charge is 0.508 e. The van der Waals surface area contributed by atoms with E-state index in [1.54, 1.807) is 12.1 Å². The highest BCUT2D eigenvalue weighted by atomic mass is 127. The van der Waals surface area contributed by atoms with Gasteiger partial charge in [0.05, 0.1) is 6.54 Å². The van der Waals surface area contributed by atoms with Gasteiger partial charge in [0.2, 0.25) is 0 Å². The molecular formula is C19H35IN4O. The maximum Gasteiger partial charge on any atom is 0.191 e. The van der Waals surface area contributed by atoms with Crippen LogP contribution < -0.4 is 10.6 Å². The number of nitrogens with zero attached hydrogens (tertiary/aromatic N) is 2. The number of benzene rings is 1. The minimum atomic E-state index is 0. The Bertz CT molecular complexity index is 498. The molecule has 144 valence electrons. The zero-order valence-corrected chi connectivity index (χ0v) is 18.6. The van der Waals surface area contributed by atoms with Gasteiger partial charge in [-0.1, -0.05) is 12.1 Å². The van der Waals surface area contributed by atoms with E-state index in [4.69, 9.17) is 0 Å². The Morgan fingerprint density at radius 3 is 2.40 bits per heavy atom. The lowest BCUT2D eigenvalue weighted by Crippen LogP contribution is -2.41. The van der Waals surface area contributed by atoms with Gasteiger partial charge in [-0.25, -0.2) is 0 Å². The minimum Gasteiger partial charge on any atom is -0.508 e.